The van der Waals surface area contributed by atoms with E-state index < -0.39 is 0 Å². The van der Waals surface area contributed by atoms with E-state index in [9.17, 15) is 0 Å². The summed E-state index contributed by atoms with van der Waals surface area (Å²) in [6, 6.07) is 0. The third-order valence-corrected chi connectivity index (χ3v) is 0. The Labute approximate surface area is 63.7 Å². The van der Waals surface area contributed by atoms with Gasteiger partial charge in [-0.15, -0.1) is 0 Å². The van der Waals surface area contributed by atoms with Gasteiger partial charge in [0.25, 0.3) is 0 Å². The summed E-state index contributed by atoms with van der Waals surface area (Å²) in [5.41, 5.74) is 0. The molecule has 0 saturated heterocycles. The fourth-order valence-corrected chi connectivity index (χ4v) is 0. The maximum absolute atomic E-state index is 0. The van der Waals surface area contributed by atoms with Crippen molar-refractivity contribution in [2.45, 2.75) is 0 Å². The molecule has 0 fully saturated rings. The van der Waals surface area contributed by atoms with Gasteiger partial charge in [0, 0.05) is 42.1 Å². The van der Waals surface area contributed by atoms with Crippen LogP contribution in [0, 0.1) is 0 Å². The monoisotopic (exact) mass is 260 g/mol. The first-order chi connectivity index (χ1) is 0. The molecule has 0 aliphatic rings. The van der Waals surface area contributed by atoms with E-state index >= 15 is 0 Å². The van der Waals surface area contributed by atoms with Crippen molar-refractivity contribution >= 4 is 21.9 Å². The third-order valence-electron chi connectivity index (χ3n) is 0. The normalized spacial score (nSPS) is 0. The summed E-state index contributed by atoms with van der Waals surface area (Å²) in [5, 5.41) is 0. The minimum atomic E-state index is 0. The Kier molecular flexibility index (Phi) is 219. The van der Waals surface area contributed by atoms with E-state index in [1.54, 1.807) is 0 Å². The van der Waals surface area contributed by atoms with Crippen molar-refractivity contribution in [3.63, 3.8) is 0 Å². The Bertz CT molecular complexity index is 4.00. The Balaban J connectivity index is 0. The Hall–Kier alpha value is 1.81. The SMILES string of the molecule is [Mo].[Mo].[SiH4].[SiH4]. The van der Waals surface area contributed by atoms with Crippen LogP contribution < -0.4 is 0 Å². The molecule has 4 heteroatoms. The summed E-state index contributed by atoms with van der Waals surface area (Å²) in [6.45, 7) is 0. The van der Waals surface area contributed by atoms with Gasteiger partial charge in [-0.3, -0.25) is 0 Å². The van der Waals surface area contributed by atoms with Crippen LogP contribution in [0.2, 0.25) is 0 Å². The van der Waals surface area contributed by atoms with Gasteiger partial charge in [-0.2, -0.15) is 0 Å². The fraction of sp³-hybridized carbons (Fsp3) is 0. The van der Waals surface area contributed by atoms with Crippen LogP contribution in [-0.4, -0.2) is 21.9 Å². The van der Waals surface area contributed by atoms with Crippen molar-refractivity contribution in [3.05, 3.63) is 0 Å². The van der Waals surface area contributed by atoms with E-state index in [1.165, 1.54) is 0 Å². The molecule has 0 nitrogen and oxygen atoms in total. The van der Waals surface area contributed by atoms with Gasteiger partial charge in [0.15, 0.2) is 0 Å². The van der Waals surface area contributed by atoms with E-state index in [0.717, 1.165) is 0 Å². The number of hydrogen-bond acceptors (Lipinski definition) is 0. The van der Waals surface area contributed by atoms with E-state index in [1.807, 2.05) is 0 Å². The average molecular weight is 256 g/mol. The second kappa shape index (κ2) is 21.3. The van der Waals surface area contributed by atoms with Gasteiger partial charge in [0.2, 0.25) is 0 Å². The van der Waals surface area contributed by atoms with Crippen molar-refractivity contribution in [2.24, 2.45) is 0 Å². The molecular weight excluding hydrogens is 248 g/mol. The Morgan fingerprint density at radius 3 is 0.500 bits per heavy atom. The second-order valence-corrected chi connectivity index (χ2v) is 0. The maximum atomic E-state index is 0. The zero-order valence-corrected chi connectivity index (χ0v) is 4.83. The fourth-order valence-electron chi connectivity index (χ4n) is 0. The van der Waals surface area contributed by atoms with E-state index in [0.29, 0.717) is 0 Å². The molecule has 0 aromatic rings. The summed E-state index contributed by atoms with van der Waals surface area (Å²) in [7, 11) is 0. The van der Waals surface area contributed by atoms with E-state index in [2.05, 4.69) is 0 Å². The molecule has 0 saturated carbocycles. The van der Waals surface area contributed by atoms with Crippen LogP contribution in [0.1, 0.15) is 0 Å². The molecule has 0 aromatic carbocycles. The first kappa shape index (κ1) is 41.0. The molecule has 0 rings (SSSR count). The minimum Gasteiger partial charge on any atom is -0.0149 e. The maximum Gasteiger partial charge on any atom is 0 e. The van der Waals surface area contributed by atoms with Crippen LogP contribution in [0.15, 0.2) is 0 Å². The van der Waals surface area contributed by atoms with Gasteiger partial charge >= 0.3 is 0 Å². The van der Waals surface area contributed by atoms with Crippen molar-refractivity contribution < 1.29 is 42.1 Å². The quantitative estimate of drug-likeness (QED) is 0.408. The van der Waals surface area contributed by atoms with Gasteiger partial charge in [-0.1, -0.05) is 0 Å². The molecule has 0 amide bonds. The Morgan fingerprint density at radius 1 is 0.500 bits per heavy atom. The second-order valence-electron chi connectivity index (χ2n) is 0. The van der Waals surface area contributed by atoms with Gasteiger partial charge in [0.1, 0.15) is 0 Å². The summed E-state index contributed by atoms with van der Waals surface area (Å²) < 4.78 is 0. The van der Waals surface area contributed by atoms with Crippen LogP contribution in [0.5, 0.6) is 0 Å². The van der Waals surface area contributed by atoms with Crippen molar-refractivity contribution in [2.75, 3.05) is 0 Å². The van der Waals surface area contributed by atoms with Crippen LogP contribution in [0.3, 0.4) is 0 Å². The topological polar surface area (TPSA) is 0 Å². The van der Waals surface area contributed by atoms with Gasteiger partial charge in [-0.25, -0.2) is 0 Å². The molecule has 0 atom stereocenters. The van der Waals surface area contributed by atoms with E-state index in [-0.39, 0.29) is 64.1 Å². The third kappa shape index (κ3) is 9.18. The standard InChI is InChI=1S/2Mo.2H4Si/h;;2*1H4. The molecule has 0 N–H and O–H groups in total. The van der Waals surface area contributed by atoms with Crippen LogP contribution in [0.25, 0.3) is 0 Å². The summed E-state index contributed by atoms with van der Waals surface area (Å²) in [4.78, 5) is 0. The van der Waals surface area contributed by atoms with Gasteiger partial charge in [-0.05, 0) is 21.9 Å². The molecule has 4 heavy (non-hydrogen) atoms. The molecule has 0 aromatic heterocycles. The predicted octanol–water partition coefficient (Wildman–Crippen LogP) is -2.91. The Morgan fingerprint density at radius 2 is 0.500 bits per heavy atom. The van der Waals surface area contributed by atoms with Gasteiger partial charge in [0.05, 0.1) is 0 Å². The molecule has 0 aliphatic heterocycles. The van der Waals surface area contributed by atoms with Gasteiger partial charge < -0.3 is 0 Å². The molecule has 0 heterocycles. The number of hydrogen-bond donors (Lipinski definition) is 0. The summed E-state index contributed by atoms with van der Waals surface area (Å²) in [6.07, 6.45) is 0. The largest absolute Gasteiger partial charge is 0.0149 e. The molecule has 0 bridgehead atoms. The summed E-state index contributed by atoms with van der Waals surface area (Å²) in [5.74, 6) is 0. The van der Waals surface area contributed by atoms with Crippen LogP contribution >= 0.6 is 0 Å². The first-order valence-electron chi connectivity index (χ1n) is 0. The smallest absolute Gasteiger partial charge is 0 e. The first-order valence-corrected chi connectivity index (χ1v) is 0. The average Bonchev–Trinajstić information content (AvgIpc) is 0. The van der Waals surface area contributed by atoms with Crippen LogP contribution in [-0.2, 0) is 42.1 Å². The molecule has 0 aliphatic carbocycles. The van der Waals surface area contributed by atoms with Crippen molar-refractivity contribution in [3.8, 4) is 0 Å². The van der Waals surface area contributed by atoms with Crippen molar-refractivity contribution in [1.29, 1.82) is 0 Å². The molecule has 28 valence electrons. The summed E-state index contributed by atoms with van der Waals surface area (Å²) >= 11 is 0. The van der Waals surface area contributed by atoms with Crippen LogP contribution in [0.4, 0.5) is 0 Å². The predicted molar refractivity (Wildman–Crippen MR) is 22.7 cm³/mol. The number of rotatable bonds is 0. The molecule has 0 spiro atoms. The zero-order chi connectivity index (χ0) is 0. The molecule has 0 radical (unpaired) electrons. The minimum absolute atomic E-state index is 0. The molecule has 0 unspecified atom stereocenters. The zero-order valence-electron chi connectivity index (χ0n) is 0.816. The molecular formula is H8Mo2Si2. The van der Waals surface area contributed by atoms with Crippen molar-refractivity contribution in [1.82, 2.24) is 0 Å². The van der Waals surface area contributed by atoms with E-state index in [4.69, 9.17) is 0 Å².